The van der Waals surface area contributed by atoms with Crippen molar-refractivity contribution >= 4 is 25.2 Å². The van der Waals surface area contributed by atoms with Crippen LogP contribution < -0.4 is 0 Å². The van der Waals surface area contributed by atoms with Crippen LogP contribution in [0.1, 0.15) is 0 Å². The first kappa shape index (κ1) is 78.1. The molecule has 0 fully saturated rings. The summed E-state index contributed by atoms with van der Waals surface area (Å²) in [6.45, 7) is 0. The summed E-state index contributed by atoms with van der Waals surface area (Å²) in [5.74, 6) is 0. The zero-order valence-corrected chi connectivity index (χ0v) is 12.6. The molecule has 0 rings (SSSR count). The van der Waals surface area contributed by atoms with E-state index in [0.717, 1.165) is 0 Å². The molecule has 7 heavy (non-hydrogen) atoms. The first-order valence-electron chi connectivity index (χ1n) is 0. The predicted octanol–water partition coefficient (Wildman–Crippen LogP) is -0.433. The zero-order chi connectivity index (χ0) is 0. The van der Waals surface area contributed by atoms with Crippen molar-refractivity contribution in [3.05, 3.63) is 6.15 Å². The minimum absolute atomic E-state index is 0. The Bertz CT molecular complexity index is 10.1. The second-order valence-corrected chi connectivity index (χ2v) is 0. The Kier molecular flexibility index (Phi) is 630. The third-order valence-electron chi connectivity index (χ3n) is 0. The second kappa shape index (κ2) is 56.5. The molecule has 7 heteroatoms. The number of nitrogens with two attached hydrogens (primary N) is 1. The van der Waals surface area contributed by atoms with Crippen LogP contribution >= 0.6 is 0 Å². The maximum Gasteiger partial charge on any atom is 0 e. The van der Waals surface area contributed by atoms with Gasteiger partial charge in [-0.2, -0.15) is 0 Å². The molecule has 12 radical (unpaired) electrons. The van der Waals surface area contributed by atoms with E-state index in [1.54, 1.807) is 0 Å². The standard InChI is InChI=1S/3B.H2N.3Y/h;;;1H2;;;/q;;;-1;;;. The van der Waals surface area contributed by atoms with Crippen molar-refractivity contribution in [2.45, 2.75) is 0 Å². The predicted molar refractivity (Wildman–Crippen MR) is 22.5 cm³/mol. The molecule has 0 aromatic rings. The smallest absolute Gasteiger partial charge is 0 e. The van der Waals surface area contributed by atoms with Crippen molar-refractivity contribution in [1.29, 1.82) is 0 Å². The average molecular weight is 315 g/mol. The molecule has 2 N–H and O–H groups in total. The Morgan fingerprint density at radius 2 is 0.429 bits per heavy atom. The van der Waals surface area contributed by atoms with Gasteiger partial charge < -0.3 is 6.15 Å². The molecular formula is H2B3NY3-. The van der Waals surface area contributed by atoms with Crippen molar-refractivity contribution in [2.24, 2.45) is 0 Å². The van der Waals surface area contributed by atoms with E-state index in [-0.39, 0.29) is 130 Å². The number of rotatable bonds is 0. The fourth-order valence-corrected chi connectivity index (χ4v) is 0. The van der Waals surface area contributed by atoms with Crippen LogP contribution in [0.25, 0.3) is 6.15 Å². The van der Waals surface area contributed by atoms with E-state index in [0.29, 0.717) is 0 Å². The van der Waals surface area contributed by atoms with Crippen molar-refractivity contribution in [2.75, 3.05) is 0 Å². The molecule has 26 valence electrons. The minimum Gasteiger partial charge on any atom is -0.693 e. The summed E-state index contributed by atoms with van der Waals surface area (Å²) in [6, 6.07) is 0. The second-order valence-electron chi connectivity index (χ2n) is 0. The van der Waals surface area contributed by atoms with E-state index in [1.165, 1.54) is 0 Å². The van der Waals surface area contributed by atoms with Crippen LogP contribution in [0, 0.1) is 0 Å². The first-order chi connectivity index (χ1) is 0. The van der Waals surface area contributed by atoms with Crippen LogP contribution in [-0.4, -0.2) is 25.2 Å². The normalized spacial score (nSPS) is 0. The monoisotopic (exact) mass is 316 g/mol. The Balaban J connectivity index is 0. The van der Waals surface area contributed by atoms with Gasteiger partial charge in [-0.15, -0.1) is 0 Å². The van der Waals surface area contributed by atoms with E-state index >= 15 is 0 Å². The summed E-state index contributed by atoms with van der Waals surface area (Å²) in [7, 11) is 0. The van der Waals surface area contributed by atoms with Gasteiger partial charge in [-0.05, 0) is 0 Å². The van der Waals surface area contributed by atoms with Crippen LogP contribution in [-0.2, 0) is 98.1 Å². The molecule has 0 saturated carbocycles. The minimum atomic E-state index is 0. The molecule has 1 nitrogen and oxygen atoms in total. The van der Waals surface area contributed by atoms with Crippen molar-refractivity contribution < 1.29 is 98.1 Å². The maximum atomic E-state index is 0. The van der Waals surface area contributed by atoms with E-state index in [9.17, 15) is 0 Å². The fraction of sp³-hybridized carbons (Fsp3) is 0. The van der Waals surface area contributed by atoms with Gasteiger partial charge in [-0.25, -0.2) is 0 Å². The van der Waals surface area contributed by atoms with Gasteiger partial charge in [0, 0.05) is 123 Å². The molecule has 0 aliphatic heterocycles. The van der Waals surface area contributed by atoms with E-state index in [2.05, 4.69) is 0 Å². The van der Waals surface area contributed by atoms with Crippen molar-refractivity contribution in [1.82, 2.24) is 0 Å². The Hall–Kier alpha value is 3.47. The summed E-state index contributed by atoms with van der Waals surface area (Å²) in [5, 5.41) is 0. The summed E-state index contributed by atoms with van der Waals surface area (Å²) in [6.07, 6.45) is 0. The van der Waals surface area contributed by atoms with Crippen LogP contribution in [0.4, 0.5) is 0 Å². The Labute approximate surface area is 127 Å². The molecular weight excluding hydrogens is 313 g/mol. The average Bonchev–Trinajstić information content (AvgIpc) is 0. The molecule has 0 unspecified atom stereocenters. The number of hydrogen-bond acceptors (Lipinski definition) is 0. The summed E-state index contributed by atoms with van der Waals surface area (Å²) >= 11 is 0. The van der Waals surface area contributed by atoms with E-state index in [1.807, 2.05) is 0 Å². The van der Waals surface area contributed by atoms with Gasteiger partial charge in [-0.3, -0.25) is 0 Å². The molecule has 0 aromatic carbocycles. The molecule has 0 aliphatic carbocycles. The molecule has 0 amide bonds. The van der Waals surface area contributed by atoms with Crippen LogP contribution in [0.15, 0.2) is 0 Å². The van der Waals surface area contributed by atoms with Gasteiger partial charge in [0.2, 0.25) is 0 Å². The van der Waals surface area contributed by atoms with Crippen LogP contribution in [0.2, 0.25) is 0 Å². The van der Waals surface area contributed by atoms with Crippen molar-refractivity contribution in [3.63, 3.8) is 0 Å². The van der Waals surface area contributed by atoms with Gasteiger partial charge >= 0.3 is 0 Å². The zero-order valence-electron chi connectivity index (χ0n) is 4.04. The van der Waals surface area contributed by atoms with Crippen LogP contribution in [0.5, 0.6) is 0 Å². The van der Waals surface area contributed by atoms with Gasteiger partial charge in [-0.1, -0.05) is 0 Å². The molecule has 0 saturated heterocycles. The maximum absolute atomic E-state index is 0. The summed E-state index contributed by atoms with van der Waals surface area (Å²) < 4.78 is 0. The third kappa shape index (κ3) is 43.9. The molecule has 0 aromatic heterocycles. The molecule has 0 heterocycles. The Morgan fingerprint density at radius 3 is 0.429 bits per heavy atom. The molecule has 0 bridgehead atoms. The fourth-order valence-electron chi connectivity index (χ4n) is 0. The quantitative estimate of drug-likeness (QED) is 0.544. The Morgan fingerprint density at radius 1 is 0.429 bits per heavy atom. The van der Waals surface area contributed by atoms with Gasteiger partial charge in [0.1, 0.15) is 0 Å². The largest absolute Gasteiger partial charge is 0.693 e. The topological polar surface area (TPSA) is 33.5 Å². The third-order valence-corrected chi connectivity index (χ3v) is 0. The van der Waals surface area contributed by atoms with E-state index in [4.69, 9.17) is 0 Å². The van der Waals surface area contributed by atoms with E-state index < -0.39 is 0 Å². The molecule has 0 aliphatic rings. The molecule has 0 spiro atoms. The van der Waals surface area contributed by atoms with Gasteiger partial charge in [0.05, 0.1) is 0 Å². The molecule has 0 atom stereocenters. The van der Waals surface area contributed by atoms with Gasteiger partial charge in [0.15, 0.2) is 0 Å². The van der Waals surface area contributed by atoms with Crippen LogP contribution in [0.3, 0.4) is 0 Å². The SMILES string of the molecule is [B].[B].[B].[NH2-].[Y].[Y].[Y]. The van der Waals surface area contributed by atoms with Crippen molar-refractivity contribution in [3.8, 4) is 0 Å². The van der Waals surface area contributed by atoms with Gasteiger partial charge in [0.25, 0.3) is 0 Å². The number of hydrogen-bond donors (Lipinski definition) is 0. The first-order valence-corrected chi connectivity index (χ1v) is 0. The summed E-state index contributed by atoms with van der Waals surface area (Å²) in [4.78, 5) is 0. The summed E-state index contributed by atoms with van der Waals surface area (Å²) in [5.41, 5.74) is 0.